The van der Waals surface area contributed by atoms with E-state index in [9.17, 15) is 0 Å². The average Bonchev–Trinajstić information content (AvgIpc) is 2.67. The molecule has 2 rings (SSSR count). The molecule has 2 aromatic rings. The zero-order valence-electron chi connectivity index (χ0n) is 8.30. The fraction of sp³-hybridized carbons (Fsp3) is 0.182. The normalized spacial score (nSPS) is 11.3. The maximum Gasteiger partial charge on any atom is 0.120 e. The number of methoxy groups -OCH3 is 1. The summed E-state index contributed by atoms with van der Waals surface area (Å²) in [6, 6.07) is 5.90. The van der Waals surface area contributed by atoms with Crippen LogP contribution in [0, 0.1) is 0 Å². The van der Waals surface area contributed by atoms with Gasteiger partial charge in [0.1, 0.15) is 10.8 Å². The van der Waals surface area contributed by atoms with Gasteiger partial charge in [0, 0.05) is 5.75 Å². The van der Waals surface area contributed by atoms with Gasteiger partial charge in [-0.05, 0) is 24.3 Å². The van der Waals surface area contributed by atoms with Crippen LogP contribution in [-0.4, -0.2) is 17.8 Å². The highest BCUT2D eigenvalue weighted by Crippen LogP contribution is 2.26. The lowest BCUT2D eigenvalue weighted by molar-refractivity contribution is 0.415. The lowest BCUT2D eigenvalue weighted by Gasteiger charge is -1.96. The van der Waals surface area contributed by atoms with Crippen molar-refractivity contribution in [3.8, 4) is 5.75 Å². The fourth-order valence-corrected chi connectivity index (χ4v) is 2.31. The van der Waals surface area contributed by atoms with Crippen LogP contribution in [-0.2, 0) is 0 Å². The highest BCUT2D eigenvalue weighted by atomic mass is 32.1. The van der Waals surface area contributed by atoms with E-state index in [2.05, 4.69) is 17.6 Å². The molecule has 0 atom stereocenters. The Morgan fingerprint density at radius 3 is 3.13 bits per heavy atom. The number of thiol groups is 1. The molecule has 0 fully saturated rings. The second-order valence-corrected chi connectivity index (χ2v) is 4.40. The third-order valence-corrected chi connectivity index (χ3v) is 3.17. The molecule has 4 heteroatoms. The van der Waals surface area contributed by atoms with Gasteiger partial charge in [0.25, 0.3) is 0 Å². The molecular weight excluding hydrogens is 226 g/mol. The Hall–Kier alpha value is -1.00. The van der Waals surface area contributed by atoms with Crippen LogP contribution in [0.15, 0.2) is 24.3 Å². The first kappa shape index (κ1) is 10.5. The summed E-state index contributed by atoms with van der Waals surface area (Å²) < 4.78 is 6.31. The smallest absolute Gasteiger partial charge is 0.120 e. The first-order valence-corrected chi connectivity index (χ1v) is 6.00. The van der Waals surface area contributed by atoms with Crippen LogP contribution in [0.3, 0.4) is 0 Å². The van der Waals surface area contributed by atoms with Crippen LogP contribution in [0.1, 0.15) is 5.01 Å². The van der Waals surface area contributed by atoms with Gasteiger partial charge in [0.05, 0.1) is 17.3 Å². The molecule has 0 saturated heterocycles. The van der Waals surface area contributed by atoms with E-state index in [0.717, 1.165) is 26.7 Å². The van der Waals surface area contributed by atoms with Crippen molar-refractivity contribution < 1.29 is 4.74 Å². The van der Waals surface area contributed by atoms with E-state index in [1.165, 1.54) is 0 Å². The van der Waals surface area contributed by atoms with Gasteiger partial charge in [0.15, 0.2) is 0 Å². The van der Waals surface area contributed by atoms with Crippen LogP contribution in [0.25, 0.3) is 16.3 Å². The molecule has 0 aliphatic carbocycles. The first-order valence-electron chi connectivity index (χ1n) is 4.55. The minimum Gasteiger partial charge on any atom is -0.497 e. The largest absolute Gasteiger partial charge is 0.497 e. The van der Waals surface area contributed by atoms with Crippen molar-refractivity contribution in [3.63, 3.8) is 0 Å². The van der Waals surface area contributed by atoms with Crippen molar-refractivity contribution in [3.05, 3.63) is 29.3 Å². The highest BCUT2D eigenvalue weighted by molar-refractivity contribution is 7.80. The predicted octanol–water partition coefficient (Wildman–Crippen LogP) is 3.25. The van der Waals surface area contributed by atoms with Crippen LogP contribution < -0.4 is 4.74 Å². The summed E-state index contributed by atoms with van der Waals surface area (Å²) in [5.74, 6) is 1.61. The van der Waals surface area contributed by atoms with Gasteiger partial charge >= 0.3 is 0 Å². The van der Waals surface area contributed by atoms with Gasteiger partial charge in [0.2, 0.25) is 0 Å². The van der Waals surface area contributed by atoms with Crippen LogP contribution >= 0.6 is 24.0 Å². The maximum atomic E-state index is 5.16. The van der Waals surface area contributed by atoms with Gasteiger partial charge in [-0.25, -0.2) is 4.98 Å². The number of aromatic nitrogens is 1. The molecular formula is C11H11NOS2. The summed E-state index contributed by atoms with van der Waals surface area (Å²) in [5, 5.41) is 1.01. The number of ether oxygens (including phenoxy) is 1. The van der Waals surface area contributed by atoms with E-state index in [0.29, 0.717) is 0 Å². The van der Waals surface area contributed by atoms with Crippen LogP contribution in [0.5, 0.6) is 5.75 Å². The Morgan fingerprint density at radius 2 is 2.40 bits per heavy atom. The monoisotopic (exact) mass is 237 g/mol. The molecule has 0 spiro atoms. The minimum absolute atomic E-state index is 0.735. The van der Waals surface area contributed by atoms with E-state index < -0.39 is 0 Å². The van der Waals surface area contributed by atoms with Crippen LogP contribution in [0.2, 0.25) is 0 Å². The molecule has 0 N–H and O–H groups in total. The van der Waals surface area contributed by atoms with Crippen molar-refractivity contribution >= 4 is 40.3 Å². The fourth-order valence-electron chi connectivity index (χ4n) is 1.27. The molecule has 1 heterocycles. The van der Waals surface area contributed by atoms with Gasteiger partial charge in [-0.1, -0.05) is 6.08 Å². The zero-order chi connectivity index (χ0) is 10.7. The molecule has 1 aromatic carbocycles. The van der Waals surface area contributed by atoms with Gasteiger partial charge in [-0.2, -0.15) is 12.6 Å². The summed E-state index contributed by atoms with van der Waals surface area (Å²) in [4.78, 5) is 4.47. The van der Waals surface area contributed by atoms with Gasteiger partial charge in [-0.15, -0.1) is 11.3 Å². The summed E-state index contributed by atoms with van der Waals surface area (Å²) in [6.45, 7) is 0. The molecule has 0 aliphatic rings. The number of thiazole rings is 1. The molecule has 1 aromatic heterocycles. The summed E-state index contributed by atoms with van der Waals surface area (Å²) in [5.41, 5.74) is 1.01. The van der Waals surface area contributed by atoms with Crippen molar-refractivity contribution in [2.24, 2.45) is 0 Å². The number of fused-ring (bicyclic) bond motifs is 1. The van der Waals surface area contributed by atoms with E-state index >= 15 is 0 Å². The quantitative estimate of drug-likeness (QED) is 0.828. The SMILES string of the molecule is COc1ccc2nc(C=CCS)sc2c1. The Balaban J connectivity index is 2.42. The Kier molecular flexibility index (Phi) is 3.28. The molecule has 78 valence electrons. The lowest BCUT2D eigenvalue weighted by Crippen LogP contribution is -1.80. The van der Waals surface area contributed by atoms with E-state index in [1.54, 1.807) is 18.4 Å². The molecule has 15 heavy (non-hydrogen) atoms. The number of hydrogen-bond acceptors (Lipinski definition) is 4. The second-order valence-electron chi connectivity index (χ2n) is 2.97. The molecule has 0 radical (unpaired) electrons. The third kappa shape index (κ3) is 2.33. The van der Waals surface area contributed by atoms with Gasteiger partial charge in [-0.3, -0.25) is 0 Å². The van der Waals surface area contributed by atoms with E-state index in [-0.39, 0.29) is 0 Å². The first-order chi connectivity index (χ1) is 7.33. The van der Waals surface area contributed by atoms with Crippen LogP contribution in [0.4, 0.5) is 0 Å². The summed E-state index contributed by atoms with van der Waals surface area (Å²) in [6.07, 6.45) is 3.97. The minimum atomic E-state index is 0.735. The van der Waals surface area contributed by atoms with E-state index in [1.807, 2.05) is 30.4 Å². The summed E-state index contributed by atoms with van der Waals surface area (Å²) in [7, 11) is 1.67. The summed E-state index contributed by atoms with van der Waals surface area (Å²) >= 11 is 5.77. The molecule has 0 amide bonds. The Bertz CT molecular complexity index is 490. The van der Waals surface area contributed by atoms with Crippen molar-refractivity contribution in [1.82, 2.24) is 4.98 Å². The lowest BCUT2D eigenvalue weighted by atomic mass is 10.3. The second kappa shape index (κ2) is 4.68. The number of hydrogen-bond donors (Lipinski definition) is 1. The topological polar surface area (TPSA) is 22.1 Å². The molecule has 0 unspecified atom stereocenters. The standard InChI is InChI=1S/C11H11NOS2/c1-13-8-4-5-9-10(7-8)15-11(12-9)3-2-6-14/h2-5,7,14H,6H2,1H3. The van der Waals surface area contributed by atoms with Crippen molar-refractivity contribution in [1.29, 1.82) is 0 Å². The van der Waals surface area contributed by atoms with Crippen molar-refractivity contribution in [2.75, 3.05) is 12.9 Å². The zero-order valence-corrected chi connectivity index (χ0v) is 10.0. The predicted molar refractivity (Wildman–Crippen MR) is 69.1 cm³/mol. The third-order valence-electron chi connectivity index (χ3n) is 1.98. The highest BCUT2D eigenvalue weighted by Gasteiger charge is 2.02. The molecule has 0 aliphatic heterocycles. The number of rotatable bonds is 3. The Labute approximate surface area is 98.0 Å². The average molecular weight is 237 g/mol. The Morgan fingerprint density at radius 1 is 1.53 bits per heavy atom. The molecule has 2 nitrogen and oxygen atoms in total. The van der Waals surface area contributed by atoms with Gasteiger partial charge < -0.3 is 4.74 Å². The maximum absolute atomic E-state index is 5.16. The van der Waals surface area contributed by atoms with Crippen molar-refractivity contribution in [2.45, 2.75) is 0 Å². The molecule has 0 bridgehead atoms. The number of benzene rings is 1. The van der Waals surface area contributed by atoms with E-state index in [4.69, 9.17) is 4.74 Å². The number of nitrogens with zero attached hydrogens (tertiary/aromatic N) is 1. The molecule has 0 saturated carbocycles.